The first kappa shape index (κ1) is 21.5. The molecule has 5 atom stereocenters. The van der Waals surface area contributed by atoms with Gasteiger partial charge in [-0.2, -0.15) is 0 Å². The number of hydrazine groups is 1. The lowest BCUT2D eigenvalue weighted by atomic mass is 9.79. The van der Waals surface area contributed by atoms with Crippen molar-refractivity contribution in [3.05, 3.63) is 18.1 Å². The summed E-state index contributed by atoms with van der Waals surface area (Å²) < 4.78 is 11.8. The van der Waals surface area contributed by atoms with Gasteiger partial charge >= 0.3 is 0 Å². The number of methoxy groups -OCH3 is 1. The Morgan fingerprint density at radius 1 is 1.16 bits per heavy atom. The van der Waals surface area contributed by atoms with E-state index in [0.717, 1.165) is 63.6 Å². The van der Waals surface area contributed by atoms with Crippen LogP contribution in [0.1, 0.15) is 57.7 Å². The quantitative estimate of drug-likeness (QED) is 0.679. The van der Waals surface area contributed by atoms with Crippen LogP contribution in [0, 0.1) is 5.92 Å². The summed E-state index contributed by atoms with van der Waals surface area (Å²) in [6.07, 6.45) is 7.95. The van der Waals surface area contributed by atoms with Crippen molar-refractivity contribution >= 4 is 5.82 Å². The van der Waals surface area contributed by atoms with E-state index >= 15 is 0 Å². The van der Waals surface area contributed by atoms with E-state index in [2.05, 4.69) is 50.5 Å². The summed E-state index contributed by atoms with van der Waals surface area (Å²) in [6, 6.07) is 3.37. The Kier molecular flexibility index (Phi) is 6.18. The van der Waals surface area contributed by atoms with Gasteiger partial charge in [0.2, 0.25) is 0 Å². The number of nitrogens with zero attached hydrogens (tertiary/aromatic N) is 4. The highest BCUT2D eigenvalue weighted by atomic mass is 16.5. The van der Waals surface area contributed by atoms with E-state index in [1.165, 1.54) is 12.8 Å². The lowest BCUT2D eigenvalue weighted by molar-refractivity contribution is -0.0500. The van der Waals surface area contributed by atoms with Crippen molar-refractivity contribution < 1.29 is 9.47 Å². The van der Waals surface area contributed by atoms with Gasteiger partial charge in [0, 0.05) is 57.4 Å². The molecule has 5 rings (SSSR count). The Morgan fingerprint density at radius 2 is 1.97 bits per heavy atom. The van der Waals surface area contributed by atoms with Gasteiger partial charge in [-0.05, 0) is 46.0 Å². The molecular weight excluding hydrogens is 392 g/mol. The van der Waals surface area contributed by atoms with E-state index in [-0.39, 0.29) is 11.6 Å². The van der Waals surface area contributed by atoms with Crippen molar-refractivity contribution in [2.24, 2.45) is 5.92 Å². The molecule has 8 heteroatoms. The number of rotatable bonds is 7. The number of hydrogen-bond acceptors (Lipinski definition) is 8. The van der Waals surface area contributed by atoms with Crippen molar-refractivity contribution in [1.82, 2.24) is 25.7 Å². The Hall–Kier alpha value is -1.32. The zero-order valence-corrected chi connectivity index (χ0v) is 19.2. The molecule has 2 saturated heterocycles. The SMILES string of the molecule is COCC(C)N1CCN(c2cc(C3NNC4CCC(OC5(C)CC5)CC43)ncn2)CC1. The molecule has 4 fully saturated rings. The largest absolute Gasteiger partial charge is 0.383 e. The summed E-state index contributed by atoms with van der Waals surface area (Å²) in [6.45, 7) is 9.33. The Labute approximate surface area is 186 Å². The molecule has 3 heterocycles. The van der Waals surface area contributed by atoms with Gasteiger partial charge in [-0.25, -0.2) is 15.4 Å². The van der Waals surface area contributed by atoms with Gasteiger partial charge in [0.1, 0.15) is 12.1 Å². The van der Waals surface area contributed by atoms with Crippen LogP contribution in [0.5, 0.6) is 0 Å². The zero-order valence-electron chi connectivity index (χ0n) is 19.2. The lowest BCUT2D eigenvalue weighted by Crippen LogP contribution is -2.51. The van der Waals surface area contributed by atoms with Crippen LogP contribution in [0.3, 0.4) is 0 Å². The van der Waals surface area contributed by atoms with E-state index < -0.39 is 0 Å². The summed E-state index contributed by atoms with van der Waals surface area (Å²) in [5, 5.41) is 0. The average molecular weight is 431 g/mol. The molecule has 0 radical (unpaired) electrons. The molecular formula is C23H38N6O2. The second-order valence-electron chi connectivity index (χ2n) is 10.2. The van der Waals surface area contributed by atoms with E-state index in [4.69, 9.17) is 9.47 Å². The first-order valence-electron chi connectivity index (χ1n) is 12.0. The highest BCUT2D eigenvalue weighted by Gasteiger charge is 2.46. The van der Waals surface area contributed by atoms with Crippen LogP contribution >= 0.6 is 0 Å². The normalized spacial score (nSPS) is 33.8. The zero-order chi connectivity index (χ0) is 21.4. The third kappa shape index (κ3) is 4.73. The highest BCUT2D eigenvalue weighted by Crippen LogP contribution is 2.45. The highest BCUT2D eigenvalue weighted by molar-refractivity contribution is 5.40. The molecule has 1 aromatic rings. The summed E-state index contributed by atoms with van der Waals surface area (Å²) in [5.41, 5.74) is 8.33. The first-order chi connectivity index (χ1) is 15.0. The third-order valence-corrected chi connectivity index (χ3v) is 7.77. The van der Waals surface area contributed by atoms with Crippen LogP contribution in [0.4, 0.5) is 5.82 Å². The molecule has 2 N–H and O–H groups in total. The van der Waals surface area contributed by atoms with Crippen LogP contribution in [0.25, 0.3) is 0 Å². The summed E-state index contributed by atoms with van der Waals surface area (Å²) in [7, 11) is 1.78. The molecule has 0 spiro atoms. The minimum atomic E-state index is 0.150. The number of ether oxygens (including phenoxy) is 2. The summed E-state index contributed by atoms with van der Waals surface area (Å²) in [4.78, 5) is 14.2. The topological polar surface area (TPSA) is 74.8 Å². The summed E-state index contributed by atoms with van der Waals surface area (Å²) >= 11 is 0. The number of piperazine rings is 1. The van der Waals surface area contributed by atoms with Gasteiger partial charge in [0.15, 0.2) is 0 Å². The molecule has 2 aliphatic carbocycles. The van der Waals surface area contributed by atoms with Gasteiger partial charge in [0.05, 0.1) is 30.0 Å². The van der Waals surface area contributed by atoms with Crippen molar-refractivity contribution in [2.45, 2.75) is 75.8 Å². The summed E-state index contributed by atoms with van der Waals surface area (Å²) in [5.74, 6) is 1.55. The van der Waals surface area contributed by atoms with Gasteiger partial charge in [-0.1, -0.05) is 0 Å². The molecule has 31 heavy (non-hydrogen) atoms. The van der Waals surface area contributed by atoms with Crippen LogP contribution in [-0.2, 0) is 9.47 Å². The molecule has 0 bridgehead atoms. The minimum absolute atomic E-state index is 0.150. The van der Waals surface area contributed by atoms with Crippen molar-refractivity contribution in [1.29, 1.82) is 0 Å². The van der Waals surface area contributed by atoms with Gasteiger partial charge in [-0.3, -0.25) is 10.3 Å². The maximum atomic E-state index is 6.44. The van der Waals surface area contributed by atoms with Crippen molar-refractivity contribution in [3.8, 4) is 0 Å². The number of anilines is 1. The standard InChI is InChI=1S/C23H38N6O2/c1-16(14-30-3)28-8-10-29(11-9-28)21-13-20(24-15-25-21)22-18-12-17(31-23(2)6-7-23)4-5-19(18)26-27-22/h13,15-19,22,26-27H,4-12,14H2,1-3H3. The predicted molar refractivity (Wildman–Crippen MR) is 120 cm³/mol. The molecule has 5 unspecified atom stereocenters. The first-order valence-corrected chi connectivity index (χ1v) is 12.0. The smallest absolute Gasteiger partial charge is 0.132 e. The van der Waals surface area contributed by atoms with E-state index in [1.807, 2.05) is 0 Å². The van der Waals surface area contributed by atoms with Crippen LogP contribution in [0.2, 0.25) is 0 Å². The molecule has 2 aliphatic heterocycles. The third-order valence-electron chi connectivity index (χ3n) is 7.77. The fraction of sp³-hybridized carbons (Fsp3) is 0.826. The van der Waals surface area contributed by atoms with Crippen LogP contribution in [-0.4, -0.2) is 78.6 Å². The molecule has 8 nitrogen and oxygen atoms in total. The molecule has 4 aliphatic rings. The lowest BCUT2D eigenvalue weighted by Gasteiger charge is -2.38. The fourth-order valence-corrected chi connectivity index (χ4v) is 5.56. The molecule has 1 aromatic heterocycles. The second kappa shape index (κ2) is 8.90. The second-order valence-corrected chi connectivity index (χ2v) is 10.2. The molecule has 0 aromatic carbocycles. The molecule has 0 amide bonds. The fourth-order valence-electron chi connectivity index (χ4n) is 5.56. The van der Waals surface area contributed by atoms with E-state index in [1.54, 1.807) is 13.4 Å². The maximum Gasteiger partial charge on any atom is 0.132 e. The number of fused-ring (bicyclic) bond motifs is 1. The Morgan fingerprint density at radius 3 is 2.71 bits per heavy atom. The average Bonchev–Trinajstić information content (AvgIpc) is 3.36. The van der Waals surface area contributed by atoms with Gasteiger partial charge in [0.25, 0.3) is 0 Å². The van der Waals surface area contributed by atoms with Crippen LogP contribution in [0.15, 0.2) is 12.4 Å². The maximum absolute atomic E-state index is 6.44. The van der Waals surface area contributed by atoms with Crippen molar-refractivity contribution in [3.63, 3.8) is 0 Å². The van der Waals surface area contributed by atoms with Gasteiger partial charge in [-0.15, -0.1) is 0 Å². The molecule has 172 valence electrons. The number of hydrogen-bond donors (Lipinski definition) is 2. The molecule has 2 saturated carbocycles. The van der Waals surface area contributed by atoms with E-state index in [9.17, 15) is 0 Å². The van der Waals surface area contributed by atoms with Gasteiger partial charge < -0.3 is 14.4 Å². The monoisotopic (exact) mass is 430 g/mol. The number of aromatic nitrogens is 2. The van der Waals surface area contributed by atoms with Crippen molar-refractivity contribution in [2.75, 3.05) is 44.8 Å². The minimum Gasteiger partial charge on any atom is -0.383 e. The van der Waals surface area contributed by atoms with Crippen LogP contribution < -0.4 is 15.8 Å². The predicted octanol–water partition coefficient (Wildman–Crippen LogP) is 1.89. The van der Waals surface area contributed by atoms with E-state index in [0.29, 0.717) is 24.1 Å². The number of nitrogens with one attached hydrogen (secondary N) is 2. The Bertz CT molecular complexity index is 751. The Balaban J connectivity index is 1.23.